The largest absolute Gasteiger partial charge is 0.467 e. The summed E-state index contributed by atoms with van der Waals surface area (Å²) in [7, 11) is 0. The predicted molar refractivity (Wildman–Crippen MR) is 69.8 cm³/mol. The minimum Gasteiger partial charge on any atom is -0.467 e. The van der Waals surface area contributed by atoms with Gasteiger partial charge in [0.1, 0.15) is 5.76 Å². The molecule has 0 radical (unpaired) electrons. The third-order valence-electron chi connectivity index (χ3n) is 2.49. The first-order chi connectivity index (χ1) is 8.31. The van der Waals surface area contributed by atoms with Crippen LogP contribution < -0.4 is 5.32 Å². The maximum absolute atomic E-state index is 8.90. The second-order valence-electron chi connectivity index (χ2n) is 3.68. The van der Waals surface area contributed by atoms with Gasteiger partial charge in [0.15, 0.2) is 0 Å². The Morgan fingerprint density at radius 3 is 2.59 bits per heavy atom. The summed E-state index contributed by atoms with van der Waals surface area (Å²) < 4.78 is 6.46. The van der Waals surface area contributed by atoms with Gasteiger partial charge in [-0.3, -0.25) is 0 Å². The molecule has 17 heavy (non-hydrogen) atoms. The molecular weight excluding hydrogens is 282 g/mol. The zero-order chi connectivity index (χ0) is 12.1. The molecule has 0 fully saturated rings. The smallest absolute Gasteiger partial charge is 0.125 e. The molecule has 0 aliphatic heterocycles. The van der Waals surface area contributed by atoms with Gasteiger partial charge in [-0.05, 0) is 29.8 Å². The SMILES string of the molecule is OCCNC(c1ccc(Br)cc1)c1ccco1. The van der Waals surface area contributed by atoms with Crippen molar-refractivity contribution in [3.8, 4) is 0 Å². The van der Waals surface area contributed by atoms with E-state index in [1.807, 2.05) is 36.4 Å². The highest BCUT2D eigenvalue weighted by Gasteiger charge is 2.15. The molecule has 0 aliphatic carbocycles. The number of rotatable bonds is 5. The van der Waals surface area contributed by atoms with Crippen molar-refractivity contribution in [2.75, 3.05) is 13.2 Å². The summed E-state index contributed by atoms with van der Waals surface area (Å²) in [5, 5.41) is 12.2. The number of halogens is 1. The summed E-state index contributed by atoms with van der Waals surface area (Å²) in [4.78, 5) is 0. The van der Waals surface area contributed by atoms with Crippen LogP contribution in [0.25, 0.3) is 0 Å². The molecule has 1 heterocycles. The molecular formula is C13H14BrNO2. The summed E-state index contributed by atoms with van der Waals surface area (Å²) in [5.41, 5.74) is 1.11. The van der Waals surface area contributed by atoms with Crippen LogP contribution in [0.2, 0.25) is 0 Å². The Labute approximate surface area is 109 Å². The Bertz CT molecular complexity index is 439. The summed E-state index contributed by atoms with van der Waals surface area (Å²) in [6.45, 7) is 0.634. The quantitative estimate of drug-likeness (QED) is 0.891. The van der Waals surface area contributed by atoms with Crippen LogP contribution in [-0.2, 0) is 0 Å². The molecule has 2 aromatic rings. The maximum Gasteiger partial charge on any atom is 0.125 e. The first-order valence-corrected chi connectivity index (χ1v) is 6.23. The Morgan fingerprint density at radius 2 is 2.00 bits per heavy atom. The summed E-state index contributed by atoms with van der Waals surface area (Å²) in [6.07, 6.45) is 1.65. The van der Waals surface area contributed by atoms with Gasteiger partial charge in [0.2, 0.25) is 0 Å². The van der Waals surface area contributed by atoms with Gasteiger partial charge in [-0.25, -0.2) is 0 Å². The average Bonchev–Trinajstić information content (AvgIpc) is 2.85. The molecule has 1 aromatic carbocycles. The summed E-state index contributed by atoms with van der Waals surface area (Å²) in [5.74, 6) is 0.848. The molecule has 0 spiro atoms. The highest BCUT2D eigenvalue weighted by molar-refractivity contribution is 9.10. The Morgan fingerprint density at radius 1 is 1.24 bits per heavy atom. The van der Waals surface area contributed by atoms with Crippen LogP contribution in [0.15, 0.2) is 51.6 Å². The van der Waals surface area contributed by atoms with E-state index in [0.29, 0.717) is 6.54 Å². The highest BCUT2D eigenvalue weighted by atomic mass is 79.9. The lowest BCUT2D eigenvalue weighted by atomic mass is 10.0. The predicted octanol–water partition coefficient (Wildman–Crippen LogP) is 2.71. The van der Waals surface area contributed by atoms with Gasteiger partial charge in [-0.15, -0.1) is 0 Å². The maximum atomic E-state index is 8.90. The molecule has 0 saturated carbocycles. The van der Waals surface area contributed by atoms with Gasteiger partial charge in [0.05, 0.1) is 18.9 Å². The number of hydrogen-bond donors (Lipinski definition) is 2. The fraction of sp³-hybridized carbons (Fsp3) is 0.231. The van der Waals surface area contributed by atoms with Gasteiger partial charge < -0.3 is 14.8 Å². The number of benzene rings is 1. The fourth-order valence-corrected chi connectivity index (χ4v) is 1.97. The van der Waals surface area contributed by atoms with Gasteiger partial charge in [0, 0.05) is 11.0 Å². The third-order valence-corrected chi connectivity index (χ3v) is 3.02. The molecule has 90 valence electrons. The van der Waals surface area contributed by atoms with E-state index in [4.69, 9.17) is 9.52 Å². The molecule has 0 amide bonds. The molecule has 3 nitrogen and oxygen atoms in total. The van der Waals surface area contributed by atoms with Crippen LogP contribution in [0.3, 0.4) is 0 Å². The fourth-order valence-electron chi connectivity index (χ4n) is 1.70. The number of aliphatic hydroxyl groups excluding tert-OH is 1. The van der Waals surface area contributed by atoms with Gasteiger partial charge in [-0.1, -0.05) is 28.1 Å². The van der Waals surface area contributed by atoms with E-state index >= 15 is 0 Å². The topological polar surface area (TPSA) is 45.4 Å². The van der Waals surface area contributed by atoms with Crippen LogP contribution in [0.1, 0.15) is 17.4 Å². The van der Waals surface area contributed by atoms with E-state index in [1.54, 1.807) is 6.26 Å². The molecule has 2 rings (SSSR count). The number of nitrogens with one attached hydrogen (secondary N) is 1. The number of aliphatic hydroxyl groups is 1. The number of furan rings is 1. The van der Waals surface area contributed by atoms with Crippen molar-refractivity contribution < 1.29 is 9.52 Å². The number of hydrogen-bond acceptors (Lipinski definition) is 3. The normalized spacial score (nSPS) is 12.6. The first-order valence-electron chi connectivity index (χ1n) is 5.44. The van der Waals surface area contributed by atoms with Crippen LogP contribution in [0.5, 0.6) is 0 Å². The van der Waals surface area contributed by atoms with Crippen LogP contribution in [0, 0.1) is 0 Å². The van der Waals surface area contributed by atoms with E-state index in [1.165, 1.54) is 0 Å². The Balaban J connectivity index is 2.23. The molecule has 2 N–H and O–H groups in total. The zero-order valence-corrected chi connectivity index (χ0v) is 10.9. The van der Waals surface area contributed by atoms with Gasteiger partial charge in [-0.2, -0.15) is 0 Å². The monoisotopic (exact) mass is 295 g/mol. The van der Waals surface area contributed by atoms with Crippen molar-refractivity contribution in [3.05, 3.63) is 58.5 Å². The van der Waals surface area contributed by atoms with E-state index < -0.39 is 0 Å². The van der Waals surface area contributed by atoms with Crippen molar-refractivity contribution in [2.24, 2.45) is 0 Å². The van der Waals surface area contributed by atoms with Crippen molar-refractivity contribution >= 4 is 15.9 Å². The molecule has 1 atom stereocenters. The lowest BCUT2D eigenvalue weighted by Crippen LogP contribution is -2.25. The standard InChI is InChI=1S/C13H14BrNO2/c14-11-5-3-10(4-6-11)13(15-7-8-16)12-2-1-9-17-12/h1-6,9,13,15-16H,7-8H2. The van der Waals surface area contributed by atoms with E-state index in [2.05, 4.69) is 21.2 Å². The molecule has 4 heteroatoms. The molecule has 0 saturated heterocycles. The minimum atomic E-state index is -0.0229. The first kappa shape index (κ1) is 12.4. The van der Waals surface area contributed by atoms with Crippen LogP contribution in [-0.4, -0.2) is 18.3 Å². The van der Waals surface area contributed by atoms with Gasteiger partial charge >= 0.3 is 0 Å². The molecule has 0 aliphatic rings. The lowest BCUT2D eigenvalue weighted by molar-refractivity contribution is 0.284. The summed E-state index contributed by atoms with van der Waals surface area (Å²) in [6, 6.07) is 11.8. The zero-order valence-electron chi connectivity index (χ0n) is 9.27. The molecule has 1 aromatic heterocycles. The van der Waals surface area contributed by atoms with Crippen molar-refractivity contribution in [2.45, 2.75) is 6.04 Å². The molecule has 0 bridgehead atoms. The van der Waals surface area contributed by atoms with Crippen LogP contribution in [0.4, 0.5) is 0 Å². The highest BCUT2D eigenvalue weighted by Crippen LogP contribution is 2.23. The Hall–Kier alpha value is -1.10. The average molecular weight is 296 g/mol. The lowest BCUT2D eigenvalue weighted by Gasteiger charge is -2.16. The van der Waals surface area contributed by atoms with Gasteiger partial charge in [0.25, 0.3) is 0 Å². The molecule has 1 unspecified atom stereocenters. The Kier molecular flexibility index (Phi) is 4.36. The second kappa shape index (κ2) is 6.00. The van der Waals surface area contributed by atoms with Crippen molar-refractivity contribution in [1.29, 1.82) is 0 Å². The van der Waals surface area contributed by atoms with Crippen molar-refractivity contribution in [1.82, 2.24) is 5.32 Å². The van der Waals surface area contributed by atoms with E-state index in [0.717, 1.165) is 15.8 Å². The minimum absolute atomic E-state index is 0.0229. The van der Waals surface area contributed by atoms with Crippen LogP contribution >= 0.6 is 15.9 Å². The second-order valence-corrected chi connectivity index (χ2v) is 4.59. The van der Waals surface area contributed by atoms with E-state index in [9.17, 15) is 0 Å². The van der Waals surface area contributed by atoms with Crippen molar-refractivity contribution in [3.63, 3.8) is 0 Å². The van der Waals surface area contributed by atoms with E-state index in [-0.39, 0.29) is 12.6 Å². The summed E-state index contributed by atoms with van der Waals surface area (Å²) >= 11 is 3.41. The third kappa shape index (κ3) is 3.19.